The van der Waals surface area contributed by atoms with Crippen LogP contribution in [0.25, 0.3) is 0 Å². The van der Waals surface area contributed by atoms with Crippen molar-refractivity contribution < 1.29 is 9.90 Å². The van der Waals surface area contributed by atoms with Gasteiger partial charge in [0.05, 0.1) is 18.1 Å². The van der Waals surface area contributed by atoms with E-state index in [9.17, 15) is 4.79 Å². The summed E-state index contributed by atoms with van der Waals surface area (Å²) in [5, 5.41) is 17.3. The van der Waals surface area contributed by atoms with E-state index in [0.717, 1.165) is 18.8 Å². The number of aliphatic carboxylic acids is 1. The Labute approximate surface area is 93.7 Å². The molecule has 1 heterocycles. The number of carbonyl (C=O) groups is 1. The number of anilines is 1. The molecule has 1 aromatic rings. The molecular weight excluding hydrogens is 204 g/mol. The van der Waals surface area contributed by atoms with Crippen molar-refractivity contribution in [3.63, 3.8) is 0 Å². The van der Waals surface area contributed by atoms with Crippen molar-refractivity contribution in [3.8, 4) is 6.07 Å². The van der Waals surface area contributed by atoms with Gasteiger partial charge >= 0.3 is 5.97 Å². The summed E-state index contributed by atoms with van der Waals surface area (Å²) in [6.07, 6.45) is 0.243. The predicted molar refractivity (Wildman–Crippen MR) is 59.1 cm³/mol. The average Bonchev–Trinajstić information content (AvgIpc) is 2.23. The van der Waals surface area contributed by atoms with Crippen LogP contribution in [0.3, 0.4) is 0 Å². The second-order valence-electron chi connectivity index (χ2n) is 4.03. The van der Waals surface area contributed by atoms with E-state index in [0.29, 0.717) is 5.56 Å². The van der Waals surface area contributed by atoms with Gasteiger partial charge in [0.25, 0.3) is 0 Å². The molecule has 1 N–H and O–H groups in total. The summed E-state index contributed by atoms with van der Waals surface area (Å²) >= 11 is 0. The van der Waals surface area contributed by atoms with Gasteiger partial charge in [0.15, 0.2) is 0 Å². The molecule has 0 aromatic heterocycles. The first kappa shape index (κ1) is 10.5. The van der Waals surface area contributed by atoms with Gasteiger partial charge in [-0.1, -0.05) is 0 Å². The fourth-order valence-corrected chi connectivity index (χ4v) is 1.90. The lowest BCUT2D eigenvalue weighted by atomic mass is 9.95. The van der Waals surface area contributed by atoms with Crippen molar-refractivity contribution in [2.75, 3.05) is 18.0 Å². The van der Waals surface area contributed by atoms with Crippen LogP contribution >= 0.6 is 0 Å². The third-order valence-corrected chi connectivity index (χ3v) is 2.78. The number of benzene rings is 1. The zero-order valence-electron chi connectivity index (χ0n) is 8.76. The van der Waals surface area contributed by atoms with Crippen LogP contribution in [0, 0.1) is 17.2 Å². The van der Waals surface area contributed by atoms with Gasteiger partial charge in [-0.25, -0.2) is 0 Å². The van der Waals surface area contributed by atoms with E-state index >= 15 is 0 Å². The van der Waals surface area contributed by atoms with Crippen LogP contribution < -0.4 is 4.90 Å². The highest BCUT2D eigenvalue weighted by atomic mass is 16.4. The minimum absolute atomic E-state index is 0.243. The summed E-state index contributed by atoms with van der Waals surface area (Å²) in [4.78, 5) is 12.6. The number of hydrogen-bond acceptors (Lipinski definition) is 3. The van der Waals surface area contributed by atoms with Crippen molar-refractivity contribution in [1.29, 1.82) is 5.26 Å². The second-order valence-corrected chi connectivity index (χ2v) is 4.03. The molecule has 1 fully saturated rings. The Morgan fingerprint density at radius 1 is 1.44 bits per heavy atom. The largest absolute Gasteiger partial charge is 0.481 e. The predicted octanol–water partition coefficient (Wildman–Crippen LogP) is 1.47. The quantitative estimate of drug-likeness (QED) is 0.831. The monoisotopic (exact) mass is 216 g/mol. The van der Waals surface area contributed by atoms with Crippen molar-refractivity contribution in [2.24, 2.45) is 5.92 Å². The molecule has 2 rings (SSSR count). The normalized spacial score (nSPS) is 15.3. The fraction of sp³-hybridized carbons (Fsp3) is 0.333. The highest BCUT2D eigenvalue weighted by Crippen LogP contribution is 2.26. The molecule has 1 aliphatic heterocycles. The molecule has 0 spiro atoms. The van der Waals surface area contributed by atoms with Gasteiger partial charge in [-0.15, -0.1) is 0 Å². The third kappa shape index (κ3) is 2.14. The van der Waals surface area contributed by atoms with E-state index in [1.807, 2.05) is 12.1 Å². The summed E-state index contributed by atoms with van der Waals surface area (Å²) in [6, 6.07) is 9.42. The maximum absolute atomic E-state index is 10.5. The minimum atomic E-state index is -0.732. The Morgan fingerprint density at radius 3 is 2.56 bits per heavy atom. The van der Waals surface area contributed by atoms with Gasteiger partial charge in [0.2, 0.25) is 0 Å². The molecule has 16 heavy (non-hydrogen) atoms. The van der Waals surface area contributed by atoms with Gasteiger partial charge in [0, 0.05) is 24.7 Å². The molecule has 0 saturated carbocycles. The van der Waals surface area contributed by atoms with Crippen molar-refractivity contribution >= 4 is 11.7 Å². The average molecular weight is 216 g/mol. The van der Waals surface area contributed by atoms with Gasteiger partial charge in [-0.3, -0.25) is 4.79 Å². The molecule has 0 atom stereocenters. The molecule has 1 saturated heterocycles. The lowest BCUT2D eigenvalue weighted by molar-refractivity contribution is -0.138. The van der Waals surface area contributed by atoms with E-state index in [1.165, 1.54) is 0 Å². The number of carboxylic acids is 1. The van der Waals surface area contributed by atoms with Gasteiger partial charge in [-0.05, 0) is 24.3 Å². The maximum atomic E-state index is 10.5. The van der Waals surface area contributed by atoms with E-state index in [-0.39, 0.29) is 12.3 Å². The summed E-state index contributed by atoms with van der Waals surface area (Å²) in [5.74, 6) is -0.474. The second kappa shape index (κ2) is 4.23. The molecule has 4 nitrogen and oxygen atoms in total. The Balaban J connectivity index is 1.91. The van der Waals surface area contributed by atoms with Crippen molar-refractivity contribution in [2.45, 2.75) is 6.42 Å². The molecule has 0 amide bonds. The molecule has 0 unspecified atom stereocenters. The molecule has 0 bridgehead atoms. The summed E-state index contributed by atoms with van der Waals surface area (Å²) in [6.45, 7) is 1.58. The molecule has 82 valence electrons. The van der Waals surface area contributed by atoms with E-state index in [1.54, 1.807) is 12.1 Å². The molecule has 1 aliphatic rings. The van der Waals surface area contributed by atoms with Crippen LogP contribution in [0.5, 0.6) is 0 Å². The van der Waals surface area contributed by atoms with E-state index in [4.69, 9.17) is 10.4 Å². The van der Waals surface area contributed by atoms with Crippen LogP contribution in [0.15, 0.2) is 24.3 Å². The van der Waals surface area contributed by atoms with E-state index in [2.05, 4.69) is 11.0 Å². The Bertz CT molecular complexity index is 427. The zero-order valence-corrected chi connectivity index (χ0v) is 8.76. The number of nitrogens with zero attached hydrogens (tertiary/aromatic N) is 2. The Hall–Kier alpha value is -2.02. The maximum Gasteiger partial charge on any atom is 0.303 e. The first-order valence-electron chi connectivity index (χ1n) is 5.16. The first-order valence-corrected chi connectivity index (χ1v) is 5.16. The minimum Gasteiger partial charge on any atom is -0.481 e. The van der Waals surface area contributed by atoms with Crippen molar-refractivity contribution in [3.05, 3.63) is 29.8 Å². The van der Waals surface area contributed by atoms with Crippen LogP contribution in [-0.4, -0.2) is 24.2 Å². The SMILES string of the molecule is N#Cc1ccc(N2CC(CC(=O)O)C2)cc1. The smallest absolute Gasteiger partial charge is 0.303 e. The lowest BCUT2D eigenvalue weighted by Gasteiger charge is -2.40. The first-order chi connectivity index (χ1) is 7.69. The summed E-state index contributed by atoms with van der Waals surface area (Å²) < 4.78 is 0. The van der Waals surface area contributed by atoms with Crippen LogP contribution in [0.4, 0.5) is 5.69 Å². The Kier molecular flexibility index (Phi) is 2.78. The summed E-state index contributed by atoms with van der Waals surface area (Å²) in [5.41, 5.74) is 1.70. The zero-order chi connectivity index (χ0) is 11.5. The van der Waals surface area contributed by atoms with Crippen LogP contribution in [0.1, 0.15) is 12.0 Å². The summed E-state index contributed by atoms with van der Waals surface area (Å²) in [7, 11) is 0. The highest BCUT2D eigenvalue weighted by molar-refractivity contribution is 5.68. The van der Waals surface area contributed by atoms with Crippen molar-refractivity contribution in [1.82, 2.24) is 0 Å². The molecule has 0 radical (unpaired) electrons. The topological polar surface area (TPSA) is 64.3 Å². The van der Waals surface area contributed by atoms with Gasteiger partial charge in [-0.2, -0.15) is 5.26 Å². The van der Waals surface area contributed by atoms with Crippen LogP contribution in [0.2, 0.25) is 0 Å². The number of nitriles is 1. The van der Waals surface area contributed by atoms with Gasteiger partial charge < -0.3 is 10.0 Å². The highest BCUT2D eigenvalue weighted by Gasteiger charge is 2.28. The van der Waals surface area contributed by atoms with Crippen LogP contribution in [-0.2, 0) is 4.79 Å². The Morgan fingerprint density at radius 2 is 2.06 bits per heavy atom. The number of rotatable bonds is 3. The molecule has 0 aliphatic carbocycles. The third-order valence-electron chi connectivity index (χ3n) is 2.78. The van der Waals surface area contributed by atoms with E-state index < -0.39 is 5.97 Å². The molecule has 4 heteroatoms. The lowest BCUT2D eigenvalue weighted by Crippen LogP contribution is -2.47. The molecule has 1 aromatic carbocycles. The fourth-order valence-electron chi connectivity index (χ4n) is 1.90. The standard InChI is InChI=1S/C12H12N2O2/c13-6-9-1-3-11(4-2-9)14-7-10(8-14)5-12(15)16/h1-4,10H,5,7-8H2,(H,15,16). The number of hydrogen-bond donors (Lipinski definition) is 1. The molecular formula is C12H12N2O2. The number of carboxylic acid groups (broad SMARTS) is 1. The van der Waals surface area contributed by atoms with Gasteiger partial charge in [0.1, 0.15) is 0 Å².